The predicted octanol–water partition coefficient (Wildman–Crippen LogP) is 3.03. The lowest BCUT2D eigenvalue weighted by molar-refractivity contribution is -0.118. The third kappa shape index (κ3) is 6.35. The summed E-state index contributed by atoms with van der Waals surface area (Å²) in [5.41, 5.74) is 0.767. The summed E-state index contributed by atoms with van der Waals surface area (Å²) in [6.07, 6.45) is 1.39. The van der Waals surface area contributed by atoms with Crippen molar-refractivity contribution in [2.24, 2.45) is 0 Å². The molecule has 2 amide bonds. The van der Waals surface area contributed by atoms with Crippen molar-refractivity contribution in [1.29, 1.82) is 5.26 Å². The van der Waals surface area contributed by atoms with E-state index in [4.69, 9.17) is 14.7 Å². The zero-order chi connectivity index (χ0) is 23.1. The molecule has 0 atom stereocenters. The summed E-state index contributed by atoms with van der Waals surface area (Å²) in [5.74, 6) is 0.395. The van der Waals surface area contributed by atoms with Gasteiger partial charge in [-0.2, -0.15) is 5.26 Å². The van der Waals surface area contributed by atoms with E-state index in [1.54, 1.807) is 41.4 Å². The lowest BCUT2D eigenvalue weighted by atomic mass is 10.2. The van der Waals surface area contributed by atoms with E-state index in [1.165, 1.54) is 0 Å². The Morgan fingerprint density at radius 1 is 1.12 bits per heavy atom. The molecule has 168 valence electrons. The molecule has 0 aliphatic carbocycles. The van der Waals surface area contributed by atoms with Gasteiger partial charge in [-0.15, -0.1) is 0 Å². The number of ether oxygens (including phenoxy) is 2. The van der Waals surface area contributed by atoms with Gasteiger partial charge < -0.3 is 24.6 Å². The zero-order valence-electron chi connectivity index (χ0n) is 18.5. The Kier molecular flexibility index (Phi) is 7.15. The van der Waals surface area contributed by atoms with Crippen LogP contribution >= 0.6 is 0 Å². The highest BCUT2D eigenvalue weighted by Gasteiger charge is 2.26. The minimum atomic E-state index is -0.511. The summed E-state index contributed by atoms with van der Waals surface area (Å²) >= 11 is 0. The van der Waals surface area contributed by atoms with Crippen molar-refractivity contribution in [2.75, 3.05) is 43.0 Å². The van der Waals surface area contributed by atoms with E-state index in [9.17, 15) is 9.59 Å². The van der Waals surface area contributed by atoms with Crippen LogP contribution in [-0.4, -0.2) is 60.3 Å². The number of nitrogens with one attached hydrogen (secondary N) is 1. The molecule has 1 saturated heterocycles. The average molecular weight is 438 g/mol. The number of aromatic nitrogens is 1. The fourth-order valence-corrected chi connectivity index (χ4v) is 3.13. The quantitative estimate of drug-likeness (QED) is 0.766. The molecule has 0 spiro atoms. The minimum Gasteiger partial charge on any atom is -0.482 e. The van der Waals surface area contributed by atoms with Crippen molar-refractivity contribution < 1.29 is 19.1 Å². The summed E-state index contributed by atoms with van der Waals surface area (Å²) in [7, 11) is 0. The molecule has 0 radical (unpaired) electrons. The van der Waals surface area contributed by atoms with Crippen molar-refractivity contribution in [3.63, 3.8) is 0 Å². The molecule has 0 bridgehead atoms. The van der Waals surface area contributed by atoms with Gasteiger partial charge in [-0.1, -0.05) is 12.1 Å². The molecule has 3 rings (SSSR count). The fraction of sp³-hybridized carbons (Fsp3) is 0.391. The van der Waals surface area contributed by atoms with Crippen molar-refractivity contribution in [3.8, 4) is 11.8 Å². The Morgan fingerprint density at radius 2 is 1.84 bits per heavy atom. The molecule has 9 nitrogen and oxygen atoms in total. The van der Waals surface area contributed by atoms with Gasteiger partial charge in [0.1, 0.15) is 23.2 Å². The number of nitriles is 1. The van der Waals surface area contributed by atoms with E-state index >= 15 is 0 Å². The van der Waals surface area contributed by atoms with Gasteiger partial charge >= 0.3 is 6.09 Å². The van der Waals surface area contributed by atoms with Gasteiger partial charge in [-0.05, 0) is 45.0 Å². The first-order chi connectivity index (χ1) is 15.2. The molecule has 1 N–H and O–H groups in total. The Balaban J connectivity index is 1.47. The fourth-order valence-electron chi connectivity index (χ4n) is 3.13. The number of piperazine rings is 1. The molecule has 2 aromatic rings. The van der Waals surface area contributed by atoms with E-state index in [2.05, 4.69) is 15.2 Å². The second kappa shape index (κ2) is 10.0. The van der Waals surface area contributed by atoms with Crippen LogP contribution < -0.4 is 15.0 Å². The number of hydrogen-bond acceptors (Lipinski definition) is 7. The number of rotatable bonds is 5. The number of pyridine rings is 1. The van der Waals surface area contributed by atoms with Crippen LogP contribution in [0.25, 0.3) is 0 Å². The molecule has 0 unspecified atom stereocenters. The zero-order valence-corrected chi connectivity index (χ0v) is 18.5. The molecule has 1 fully saturated rings. The van der Waals surface area contributed by atoms with E-state index in [0.717, 1.165) is 5.69 Å². The predicted molar refractivity (Wildman–Crippen MR) is 120 cm³/mol. The molecular formula is C23H27N5O4. The van der Waals surface area contributed by atoms with Crippen LogP contribution in [0.2, 0.25) is 0 Å². The van der Waals surface area contributed by atoms with E-state index in [-0.39, 0.29) is 18.6 Å². The average Bonchev–Trinajstić information content (AvgIpc) is 2.77. The maximum atomic E-state index is 12.2. The highest BCUT2D eigenvalue weighted by Crippen LogP contribution is 2.19. The standard InChI is InChI=1S/C23H27N5O4/c1-23(2,3)32-22(30)28-12-10-27(11-13-28)18-8-9-20(25-15-18)26-21(29)16-31-19-7-5-4-6-17(19)14-24/h4-9,15H,10-13,16H2,1-3H3,(H,25,26,29). The van der Waals surface area contributed by atoms with Crippen LogP contribution in [0, 0.1) is 11.3 Å². The summed E-state index contributed by atoms with van der Waals surface area (Å²) in [6.45, 7) is 7.79. The molecule has 1 aromatic heterocycles. The lowest BCUT2D eigenvalue weighted by Gasteiger charge is -2.36. The van der Waals surface area contributed by atoms with Crippen molar-refractivity contribution in [3.05, 3.63) is 48.2 Å². The molecular weight excluding hydrogens is 410 g/mol. The third-order valence-electron chi connectivity index (χ3n) is 4.68. The number of hydrogen-bond donors (Lipinski definition) is 1. The van der Waals surface area contributed by atoms with Crippen LogP contribution in [0.5, 0.6) is 5.75 Å². The van der Waals surface area contributed by atoms with Crippen molar-refractivity contribution in [2.45, 2.75) is 26.4 Å². The summed E-state index contributed by atoms with van der Waals surface area (Å²) < 4.78 is 10.8. The SMILES string of the molecule is CC(C)(C)OC(=O)N1CCN(c2ccc(NC(=O)COc3ccccc3C#N)nc2)CC1. The van der Waals surface area contributed by atoms with Gasteiger partial charge in [-0.25, -0.2) is 9.78 Å². The van der Waals surface area contributed by atoms with Crippen LogP contribution in [0.3, 0.4) is 0 Å². The first-order valence-corrected chi connectivity index (χ1v) is 10.4. The number of carbonyl (C=O) groups excluding carboxylic acids is 2. The maximum Gasteiger partial charge on any atom is 0.410 e. The number of carbonyl (C=O) groups is 2. The van der Waals surface area contributed by atoms with Crippen LogP contribution in [0.15, 0.2) is 42.6 Å². The molecule has 9 heteroatoms. The van der Waals surface area contributed by atoms with Crippen LogP contribution in [0.4, 0.5) is 16.3 Å². The molecule has 32 heavy (non-hydrogen) atoms. The van der Waals surface area contributed by atoms with Gasteiger partial charge in [0.05, 0.1) is 17.4 Å². The van der Waals surface area contributed by atoms with Gasteiger partial charge in [0.15, 0.2) is 6.61 Å². The van der Waals surface area contributed by atoms with Gasteiger partial charge in [-0.3, -0.25) is 4.79 Å². The third-order valence-corrected chi connectivity index (χ3v) is 4.68. The molecule has 1 aliphatic heterocycles. The van der Waals surface area contributed by atoms with Crippen molar-refractivity contribution >= 4 is 23.5 Å². The summed E-state index contributed by atoms with van der Waals surface area (Å²) in [4.78, 5) is 32.5. The molecule has 1 aromatic carbocycles. The highest BCUT2D eigenvalue weighted by molar-refractivity contribution is 5.91. The summed E-state index contributed by atoms with van der Waals surface area (Å²) in [5, 5.41) is 11.7. The smallest absolute Gasteiger partial charge is 0.410 e. The van der Waals surface area contributed by atoms with E-state index < -0.39 is 5.60 Å². The first kappa shape index (κ1) is 22.9. The second-order valence-corrected chi connectivity index (χ2v) is 8.30. The van der Waals surface area contributed by atoms with Crippen molar-refractivity contribution in [1.82, 2.24) is 9.88 Å². The van der Waals surface area contributed by atoms with Gasteiger partial charge in [0.25, 0.3) is 5.91 Å². The Bertz CT molecular complexity index is 987. The first-order valence-electron chi connectivity index (χ1n) is 10.4. The molecule has 2 heterocycles. The number of benzene rings is 1. The Hall–Kier alpha value is -3.80. The number of anilines is 2. The molecule has 1 aliphatic rings. The summed E-state index contributed by atoms with van der Waals surface area (Å²) in [6, 6.07) is 12.3. The lowest BCUT2D eigenvalue weighted by Crippen LogP contribution is -2.50. The maximum absolute atomic E-state index is 12.2. The number of nitrogens with zero attached hydrogens (tertiary/aromatic N) is 4. The normalized spacial score (nSPS) is 13.8. The van der Waals surface area contributed by atoms with E-state index in [0.29, 0.717) is 43.3 Å². The number of amides is 2. The Labute approximate surface area is 187 Å². The van der Waals surface area contributed by atoms with Crippen LogP contribution in [-0.2, 0) is 9.53 Å². The minimum absolute atomic E-state index is 0.227. The largest absolute Gasteiger partial charge is 0.482 e. The van der Waals surface area contributed by atoms with Gasteiger partial charge in [0, 0.05) is 26.2 Å². The number of para-hydroxylation sites is 1. The van der Waals surface area contributed by atoms with Gasteiger partial charge in [0.2, 0.25) is 0 Å². The topological polar surface area (TPSA) is 108 Å². The monoisotopic (exact) mass is 437 g/mol. The van der Waals surface area contributed by atoms with Crippen LogP contribution in [0.1, 0.15) is 26.3 Å². The second-order valence-electron chi connectivity index (χ2n) is 8.30. The van der Waals surface area contributed by atoms with E-state index in [1.807, 2.05) is 32.9 Å². The Morgan fingerprint density at radius 3 is 2.47 bits per heavy atom. The molecule has 0 saturated carbocycles. The highest BCUT2D eigenvalue weighted by atomic mass is 16.6.